The van der Waals surface area contributed by atoms with E-state index in [1.165, 1.54) is 6.07 Å². The lowest BCUT2D eigenvalue weighted by molar-refractivity contribution is -0.116. The number of rotatable bonds is 4. The van der Waals surface area contributed by atoms with Crippen LogP contribution in [0, 0.1) is 27.7 Å². The summed E-state index contributed by atoms with van der Waals surface area (Å²) in [6.07, 6.45) is 0.913. The van der Waals surface area contributed by atoms with Crippen LogP contribution in [0.1, 0.15) is 34.6 Å². The van der Waals surface area contributed by atoms with Gasteiger partial charge in [0.05, 0.1) is 5.69 Å². The van der Waals surface area contributed by atoms with E-state index in [4.69, 9.17) is 8.94 Å². The molecule has 25 heavy (non-hydrogen) atoms. The van der Waals surface area contributed by atoms with Crippen LogP contribution in [0.25, 0.3) is 11.0 Å². The highest BCUT2D eigenvalue weighted by molar-refractivity contribution is 5.95. The first kappa shape index (κ1) is 17.0. The predicted octanol–water partition coefficient (Wildman–Crippen LogP) is 3.59. The van der Waals surface area contributed by atoms with Gasteiger partial charge in [-0.2, -0.15) is 0 Å². The molecule has 1 aromatic carbocycles. The number of fused-ring (bicyclic) bond motifs is 1. The number of carbonyl (C=O) groups is 1. The van der Waals surface area contributed by atoms with Gasteiger partial charge < -0.3 is 14.3 Å². The molecule has 2 aromatic heterocycles. The van der Waals surface area contributed by atoms with E-state index < -0.39 is 0 Å². The van der Waals surface area contributed by atoms with E-state index in [9.17, 15) is 9.59 Å². The number of aryl methyl sites for hydroxylation is 4. The van der Waals surface area contributed by atoms with Gasteiger partial charge in [-0.15, -0.1) is 0 Å². The highest BCUT2D eigenvalue weighted by Gasteiger charge is 2.13. The van der Waals surface area contributed by atoms with Gasteiger partial charge in [0.1, 0.15) is 11.3 Å². The van der Waals surface area contributed by atoms with Crippen LogP contribution in [0.2, 0.25) is 0 Å². The molecule has 130 valence electrons. The standard InChI is InChI=1S/C19H20N2O4/c1-10-8-19(23)24-17-7-11(2)16(9-15(10)17)20-18(22)6-5-14-12(3)21-25-13(14)4/h7-9H,5-6H2,1-4H3,(H,20,22). The summed E-state index contributed by atoms with van der Waals surface area (Å²) in [5.74, 6) is 0.662. The zero-order valence-corrected chi connectivity index (χ0v) is 14.7. The normalized spacial score (nSPS) is 11.0. The van der Waals surface area contributed by atoms with Crippen molar-refractivity contribution in [2.75, 3.05) is 5.32 Å². The fourth-order valence-corrected chi connectivity index (χ4v) is 2.91. The summed E-state index contributed by atoms with van der Waals surface area (Å²) in [5, 5.41) is 7.65. The quantitative estimate of drug-likeness (QED) is 0.734. The second-order valence-corrected chi connectivity index (χ2v) is 6.26. The molecule has 3 rings (SSSR count). The number of aromatic nitrogens is 1. The van der Waals surface area contributed by atoms with Crippen molar-refractivity contribution in [1.82, 2.24) is 5.16 Å². The van der Waals surface area contributed by atoms with Gasteiger partial charge in [-0.1, -0.05) is 5.16 Å². The zero-order chi connectivity index (χ0) is 18.1. The number of carbonyl (C=O) groups excluding carboxylic acids is 1. The fourth-order valence-electron chi connectivity index (χ4n) is 2.91. The van der Waals surface area contributed by atoms with E-state index in [0.29, 0.717) is 24.1 Å². The van der Waals surface area contributed by atoms with Crippen LogP contribution in [-0.2, 0) is 11.2 Å². The molecule has 1 N–H and O–H groups in total. The van der Waals surface area contributed by atoms with Gasteiger partial charge in [0.2, 0.25) is 5.91 Å². The zero-order valence-electron chi connectivity index (χ0n) is 14.7. The van der Waals surface area contributed by atoms with Crippen LogP contribution in [0.3, 0.4) is 0 Å². The summed E-state index contributed by atoms with van der Waals surface area (Å²) in [5.41, 5.74) is 4.32. The molecule has 0 spiro atoms. The van der Waals surface area contributed by atoms with Crippen molar-refractivity contribution in [3.05, 3.63) is 56.8 Å². The van der Waals surface area contributed by atoms with E-state index in [-0.39, 0.29) is 11.5 Å². The lowest BCUT2D eigenvalue weighted by Gasteiger charge is -2.10. The first-order chi connectivity index (χ1) is 11.8. The molecular weight excluding hydrogens is 320 g/mol. The van der Waals surface area contributed by atoms with Crippen molar-refractivity contribution in [2.24, 2.45) is 0 Å². The van der Waals surface area contributed by atoms with E-state index in [1.54, 1.807) is 6.07 Å². The summed E-state index contributed by atoms with van der Waals surface area (Å²) < 4.78 is 10.3. The van der Waals surface area contributed by atoms with Gasteiger partial charge in [0, 0.05) is 29.1 Å². The third-order valence-electron chi connectivity index (χ3n) is 4.35. The first-order valence-corrected chi connectivity index (χ1v) is 8.12. The van der Waals surface area contributed by atoms with Crippen LogP contribution >= 0.6 is 0 Å². The maximum Gasteiger partial charge on any atom is 0.336 e. The molecule has 3 aromatic rings. The van der Waals surface area contributed by atoms with Crippen molar-refractivity contribution >= 4 is 22.6 Å². The summed E-state index contributed by atoms with van der Waals surface area (Å²) in [6, 6.07) is 5.06. The molecule has 6 nitrogen and oxygen atoms in total. The molecule has 0 aliphatic rings. The number of hydrogen-bond donors (Lipinski definition) is 1. The number of amides is 1. The van der Waals surface area contributed by atoms with Crippen LogP contribution in [0.5, 0.6) is 0 Å². The van der Waals surface area contributed by atoms with Crippen molar-refractivity contribution in [3.8, 4) is 0 Å². The highest BCUT2D eigenvalue weighted by Crippen LogP contribution is 2.25. The molecule has 0 aliphatic carbocycles. The molecule has 0 saturated heterocycles. The Kier molecular flexibility index (Phi) is 4.44. The highest BCUT2D eigenvalue weighted by atomic mass is 16.5. The smallest absolute Gasteiger partial charge is 0.336 e. The fraction of sp³-hybridized carbons (Fsp3) is 0.316. The minimum Gasteiger partial charge on any atom is -0.423 e. The molecule has 0 radical (unpaired) electrons. The lowest BCUT2D eigenvalue weighted by atomic mass is 10.1. The molecular formula is C19H20N2O4. The van der Waals surface area contributed by atoms with Crippen molar-refractivity contribution in [1.29, 1.82) is 0 Å². The number of nitrogens with one attached hydrogen (secondary N) is 1. The topological polar surface area (TPSA) is 85.3 Å². The minimum absolute atomic E-state index is 0.0857. The van der Waals surface area contributed by atoms with Gasteiger partial charge in [0.25, 0.3) is 0 Å². The molecule has 0 atom stereocenters. The van der Waals surface area contributed by atoms with Gasteiger partial charge in [-0.05, 0) is 57.4 Å². The lowest BCUT2D eigenvalue weighted by Crippen LogP contribution is -2.13. The van der Waals surface area contributed by atoms with E-state index in [2.05, 4.69) is 10.5 Å². The van der Waals surface area contributed by atoms with Crippen molar-refractivity contribution in [3.63, 3.8) is 0 Å². The molecule has 6 heteroatoms. The van der Waals surface area contributed by atoms with Crippen LogP contribution in [0.15, 0.2) is 31.9 Å². The summed E-state index contributed by atoms with van der Waals surface area (Å²) in [6.45, 7) is 7.42. The van der Waals surface area contributed by atoms with Crippen molar-refractivity contribution < 1.29 is 13.7 Å². The third-order valence-corrected chi connectivity index (χ3v) is 4.35. The molecule has 0 aliphatic heterocycles. The molecule has 2 heterocycles. The molecule has 1 amide bonds. The molecule has 0 saturated carbocycles. The number of nitrogens with zero attached hydrogens (tertiary/aromatic N) is 1. The number of anilines is 1. The maximum absolute atomic E-state index is 12.3. The average Bonchev–Trinajstić information content (AvgIpc) is 2.85. The van der Waals surface area contributed by atoms with E-state index in [1.807, 2.05) is 33.8 Å². The average molecular weight is 340 g/mol. The molecule has 0 fully saturated rings. The Morgan fingerprint density at radius 2 is 1.88 bits per heavy atom. The Balaban J connectivity index is 1.79. The van der Waals surface area contributed by atoms with E-state index >= 15 is 0 Å². The Morgan fingerprint density at radius 1 is 1.12 bits per heavy atom. The van der Waals surface area contributed by atoms with E-state index in [0.717, 1.165) is 33.5 Å². The summed E-state index contributed by atoms with van der Waals surface area (Å²) >= 11 is 0. The minimum atomic E-state index is -0.374. The van der Waals surface area contributed by atoms with Crippen molar-refractivity contribution in [2.45, 2.75) is 40.5 Å². The largest absolute Gasteiger partial charge is 0.423 e. The maximum atomic E-state index is 12.3. The first-order valence-electron chi connectivity index (χ1n) is 8.12. The Morgan fingerprint density at radius 3 is 2.56 bits per heavy atom. The van der Waals surface area contributed by atoms with Crippen LogP contribution in [0.4, 0.5) is 5.69 Å². The molecule has 0 unspecified atom stereocenters. The Hall–Kier alpha value is -2.89. The SMILES string of the molecule is Cc1cc2oc(=O)cc(C)c2cc1NC(=O)CCc1c(C)noc1C. The van der Waals surface area contributed by atoms with Gasteiger partial charge in [-0.3, -0.25) is 4.79 Å². The van der Waals surface area contributed by atoms with Gasteiger partial charge >= 0.3 is 5.63 Å². The second-order valence-electron chi connectivity index (χ2n) is 6.26. The van der Waals surface area contributed by atoms with Crippen LogP contribution < -0.4 is 10.9 Å². The monoisotopic (exact) mass is 340 g/mol. The third kappa shape index (κ3) is 3.47. The van der Waals surface area contributed by atoms with Gasteiger partial charge in [0.15, 0.2) is 0 Å². The number of hydrogen-bond acceptors (Lipinski definition) is 5. The second kappa shape index (κ2) is 6.55. The summed E-state index contributed by atoms with van der Waals surface area (Å²) in [7, 11) is 0. The Labute approximate surface area is 144 Å². The van der Waals surface area contributed by atoms with Gasteiger partial charge in [-0.25, -0.2) is 4.79 Å². The predicted molar refractivity (Wildman–Crippen MR) is 94.9 cm³/mol. The van der Waals surface area contributed by atoms with Crippen LogP contribution in [-0.4, -0.2) is 11.1 Å². The number of benzene rings is 1. The molecule has 0 bridgehead atoms. The summed E-state index contributed by atoms with van der Waals surface area (Å²) in [4.78, 5) is 23.8. The Bertz CT molecular complexity index is 995.